The van der Waals surface area contributed by atoms with E-state index in [0.717, 1.165) is 18.3 Å². The summed E-state index contributed by atoms with van der Waals surface area (Å²) < 4.78 is 41.1. The number of hydrogen-bond donors (Lipinski definition) is 1. The molecule has 1 N–H and O–H groups in total. The Morgan fingerprint density at radius 2 is 1.86 bits per heavy atom. The molecule has 3 rings (SSSR count). The lowest BCUT2D eigenvalue weighted by atomic mass is 10.2. The van der Waals surface area contributed by atoms with Crippen LogP contribution >= 0.6 is 0 Å². The van der Waals surface area contributed by atoms with E-state index in [1.807, 2.05) is 0 Å². The van der Waals surface area contributed by atoms with Gasteiger partial charge in [-0.25, -0.2) is 18.2 Å². The number of halogens is 3. The van der Waals surface area contributed by atoms with Crippen molar-refractivity contribution in [2.75, 3.05) is 5.32 Å². The number of aryl methyl sites for hydroxylation is 1. The molecule has 0 saturated carbocycles. The van der Waals surface area contributed by atoms with Crippen LogP contribution in [0.25, 0.3) is 5.65 Å². The molecule has 0 saturated heterocycles. The Morgan fingerprint density at radius 3 is 2.59 bits per heavy atom. The van der Waals surface area contributed by atoms with Crippen LogP contribution in [0, 0.1) is 24.4 Å². The van der Waals surface area contributed by atoms with E-state index in [9.17, 15) is 18.0 Å². The largest absolute Gasteiger partial charge is 0.318 e. The van der Waals surface area contributed by atoms with Crippen molar-refractivity contribution < 1.29 is 18.0 Å². The summed E-state index contributed by atoms with van der Waals surface area (Å²) in [6, 6.07) is 5.46. The lowest BCUT2D eigenvalue weighted by Gasteiger charge is -2.07. The number of fused-ring (bicyclic) bond motifs is 1. The monoisotopic (exact) mass is 305 g/mol. The van der Waals surface area contributed by atoms with Gasteiger partial charge in [0.15, 0.2) is 0 Å². The van der Waals surface area contributed by atoms with E-state index in [-0.39, 0.29) is 11.4 Å². The van der Waals surface area contributed by atoms with Crippen molar-refractivity contribution >= 4 is 17.2 Å². The molecule has 0 aliphatic heterocycles. The topological polar surface area (TPSA) is 46.4 Å². The Kier molecular flexibility index (Phi) is 3.32. The summed E-state index contributed by atoms with van der Waals surface area (Å²) in [5.41, 5.74) is 0.671. The molecule has 3 aromatic rings. The third-order valence-electron chi connectivity index (χ3n) is 3.15. The van der Waals surface area contributed by atoms with Crippen LogP contribution in [-0.4, -0.2) is 15.3 Å². The maximum atomic E-state index is 13.6. The standard InChI is InChI=1S/C15H10F3N3O/c1-8-14(21-7-10(17)3-5-13(21)19-8)15(22)20-12-4-2-9(16)6-11(12)18/h2-7H,1H3,(H,20,22). The highest BCUT2D eigenvalue weighted by molar-refractivity contribution is 6.04. The Balaban J connectivity index is 2.02. The Morgan fingerprint density at radius 1 is 1.14 bits per heavy atom. The third-order valence-corrected chi connectivity index (χ3v) is 3.15. The molecule has 2 heterocycles. The number of amides is 1. The van der Waals surface area contributed by atoms with Crippen molar-refractivity contribution in [1.29, 1.82) is 0 Å². The molecule has 4 nitrogen and oxygen atoms in total. The minimum absolute atomic E-state index is 0.0817. The van der Waals surface area contributed by atoms with Crippen molar-refractivity contribution in [3.05, 3.63) is 65.4 Å². The molecule has 22 heavy (non-hydrogen) atoms. The van der Waals surface area contributed by atoms with Crippen LogP contribution in [0.1, 0.15) is 16.2 Å². The second-order valence-corrected chi connectivity index (χ2v) is 4.70. The van der Waals surface area contributed by atoms with E-state index in [0.29, 0.717) is 17.4 Å². The number of anilines is 1. The van der Waals surface area contributed by atoms with Gasteiger partial charge < -0.3 is 5.32 Å². The molecule has 1 aromatic carbocycles. The van der Waals surface area contributed by atoms with E-state index in [1.165, 1.54) is 16.5 Å². The van der Waals surface area contributed by atoms with E-state index in [4.69, 9.17) is 0 Å². The molecule has 0 radical (unpaired) electrons. The second kappa shape index (κ2) is 5.18. The van der Waals surface area contributed by atoms with Crippen LogP contribution in [-0.2, 0) is 0 Å². The lowest BCUT2D eigenvalue weighted by molar-refractivity contribution is 0.102. The van der Waals surface area contributed by atoms with E-state index < -0.39 is 23.4 Å². The second-order valence-electron chi connectivity index (χ2n) is 4.70. The molecule has 0 atom stereocenters. The van der Waals surface area contributed by atoms with Gasteiger partial charge in [-0.3, -0.25) is 9.20 Å². The van der Waals surface area contributed by atoms with Crippen LogP contribution in [0.4, 0.5) is 18.9 Å². The van der Waals surface area contributed by atoms with Crippen molar-refractivity contribution in [1.82, 2.24) is 9.38 Å². The van der Waals surface area contributed by atoms with Gasteiger partial charge >= 0.3 is 0 Å². The van der Waals surface area contributed by atoms with Gasteiger partial charge in [-0.15, -0.1) is 0 Å². The zero-order valence-electron chi connectivity index (χ0n) is 11.4. The predicted octanol–water partition coefficient (Wildman–Crippen LogP) is 3.31. The number of pyridine rings is 1. The molecule has 0 fully saturated rings. The molecule has 0 spiro atoms. The zero-order chi connectivity index (χ0) is 15.9. The van der Waals surface area contributed by atoms with Gasteiger partial charge in [0.25, 0.3) is 5.91 Å². The van der Waals surface area contributed by atoms with Gasteiger partial charge in [0.05, 0.1) is 11.4 Å². The van der Waals surface area contributed by atoms with Gasteiger partial charge in [-0.05, 0) is 31.2 Å². The number of imidazole rings is 1. The molecular formula is C15H10F3N3O. The van der Waals surface area contributed by atoms with Gasteiger partial charge in [0.2, 0.25) is 0 Å². The first-order chi connectivity index (χ1) is 10.5. The zero-order valence-corrected chi connectivity index (χ0v) is 11.4. The highest BCUT2D eigenvalue weighted by atomic mass is 19.1. The third kappa shape index (κ3) is 2.41. The number of carbonyl (C=O) groups excluding carboxylic acids is 1. The van der Waals surface area contributed by atoms with Crippen LogP contribution in [0.2, 0.25) is 0 Å². The van der Waals surface area contributed by atoms with Crippen molar-refractivity contribution in [3.8, 4) is 0 Å². The van der Waals surface area contributed by atoms with Crippen LogP contribution in [0.3, 0.4) is 0 Å². The van der Waals surface area contributed by atoms with Gasteiger partial charge in [0.1, 0.15) is 28.8 Å². The Bertz CT molecular complexity index is 889. The van der Waals surface area contributed by atoms with E-state index in [1.54, 1.807) is 6.92 Å². The molecule has 2 aromatic heterocycles. The van der Waals surface area contributed by atoms with Gasteiger partial charge in [-0.2, -0.15) is 0 Å². The molecule has 112 valence electrons. The molecule has 0 bridgehead atoms. The number of benzene rings is 1. The fourth-order valence-electron chi connectivity index (χ4n) is 2.18. The number of nitrogens with one attached hydrogen (secondary N) is 1. The number of rotatable bonds is 2. The SMILES string of the molecule is Cc1nc2ccc(F)cn2c1C(=O)Nc1ccc(F)cc1F. The molecule has 7 heteroatoms. The number of nitrogens with zero attached hydrogens (tertiary/aromatic N) is 2. The van der Waals surface area contributed by atoms with Crippen molar-refractivity contribution in [3.63, 3.8) is 0 Å². The van der Waals surface area contributed by atoms with Gasteiger partial charge in [0, 0.05) is 12.3 Å². The van der Waals surface area contributed by atoms with E-state index in [2.05, 4.69) is 10.3 Å². The average molecular weight is 305 g/mol. The van der Waals surface area contributed by atoms with Crippen LogP contribution in [0.5, 0.6) is 0 Å². The summed E-state index contributed by atoms with van der Waals surface area (Å²) in [5, 5.41) is 2.33. The summed E-state index contributed by atoms with van der Waals surface area (Å²) in [6.07, 6.45) is 1.12. The number of aromatic nitrogens is 2. The first-order valence-corrected chi connectivity index (χ1v) is 6.36. The number of hydrogen-bond acceptors (Lipinski definition) is 2. The molecule has 0 unspecified atom stereocenters. The average Bonchev–Trinajstić information content (AvgIpc) is 2.77. The quantitative estimate of drug-likeness (QED) is 0.789. The molecule has 0 aliphatic rings. The maximum absolute atomic E-state index is 13.6. The Labute approximate surface area is 123 Å². The predicted molar refractivity (Wildman–Crippen MR) is 74.2 cm³/mol. The van der Waals surface area contributed by atoms with Crippen molar-refractivity contribution in [2.24, 2.45) is 0 Å². The first-order valence-electron chi connectivity index (χ1n) is 6.36. The summed E-state index contributed by atoms with van der Waals surface area (Å²) in [4.78, 5) is 16.4. The smallest absolute Gasteiger partial charge is 0.274 e. The van der Waals surface area contributed by atoms with Crippen molar-refractivity contribution in [2.45, 2.75) is 6.92 Å². The van der Waals surface area contributed by atoms with E-state index >= 15 is 0 Å². The summed E-state index contributed by atoms with van der Waals surface area (Å²) in [7, 11) is 0. The molecule has 0 aliphatic carbocycles. The maximum Gasteiger partial charge on any atom is 0.274 e. The highest BCUT2D eigenvalue weighted by Gasteiger charge is 2.18. The van der Waals surface area contributed by atoms with Crippen LogP contribution < -0.4 is 5.32 Å². The molecular weight excluding hydrogens is 295 g/mol. The fraction of sp³-hybridized carbons (Fsp3) is 0.0667. The summed E-state index contributed by atoms with van der Waals surface area (Å²) >= 11 is 0. The normalized spacial score (nSPS) is 10.9. The molecule has 1 amide bonds. The lowest BCUT2D eigenvalue weighted by Crippen LogP contribution is -2.16. The fourth-order valence-corrected chi connectivity index (χ4v) is 2.18. The minimum atomic E-state index is -0.897. The van der Waals surface area contributed by atoms with Gasteiger partial charge in [-0.1, -0.05) is 0 Å². The van der Waals surface area contributed by atoms with Crippen LogP contribution in [0.15, 0.2) is 36.5 Å². The minimum Gasteiger partial charge on any atom is -0.318 e. The Hall–Kier alpha value is -2.83. The summed E-state index contributed by atoms with van der Waals surface area (Å²) in [5.74, 6) is -2.84. The highest BCUT2D eigenvalue weighted by Crippen LogP contribution is 2.18. The summed E-state index contributed by atoms with van der Waals surface area (Å²) in [6.45, 7) is 1.58. The first kappa shape index (κ1) is 14.1. The number of carbonyl (C=O) groups is 1.